The summed E-state index contributed by atoms with van der Waals surface area (Å²) in [5.41, 5.74) is 0.915. The fourth-order valence-corrected chi connectivity index (χ4v) is 2.53. The van der Waals surface area contributed by atoms with Crippen molar-refractivity contribution >= 4 is 5.97 Å². The molecule has 0 N–H and O–H groups in total. The number of hydrogen-bond acceptors (Lipinski definition) is 3. The number of methoxy groups -OCH3 is 1. The van der Waals surface area contributed by atoms with Gasteiger partial charge in [-0.3, -0.25) is 4.79 Å². The molecule has 0 amide bonds. The molecule has 1 fully saturated rings. The van der Waals surface area contributed by atoms with Crippen LogP contribution in [0.15, 0.2) is 24.3 Å². The smallest absolute Gasteiger partial charge is 0.310 e. The zero-order chi connectivity index (χ0) is 13.5. The Labute approximate surface area is 114 Å². The van der Waals surface area contributed by atoms with Crippen LogP contribution >= 0.6 is 0 Å². The maximum atomic E-state index is 11.4. The first-order valence-electron chi connectivity index (χ1n) is 7.11. The van der Waals surface area contributed by atoms with Crippen molar-refractivity contribution in [2.45, 2.75) is 51.0 Å². The summed E-state index contributed by atoms with van der Waals surface area (Å²) in [7, 11) is 1.41. The van der Waals surface area contributed by atoms with E-state index in [1.165, 1.54) is 32.8 Å². The van der Waals surface area contributed by atoms with Crippen LogP contribution in [0.4, 0.5) is 0 Å². The van der Waals surface area contributed by atoms with Gasteiger partial charge in [0.1, 0.15) is 5.75 Å². The van der Waals surface area contributed by atoms with Crippen LogP contribution in [-0.2, 0) is 16.0 Å². The molecule has 1 aliphatic rings. The van der Waals surface area contributed by atoms with Gasteiger partial charge in [0.15, 0.2) is 0 Å². The molecule has 0 radical (unpaired) electrons. The Morgan fingerprint density at radius 3 is 2.53 bits per heavy atom. The highest BCUT2D eigenvalue weighted by Gasteiger charge is 2.16. The molecule has 1 aliphatic carbocycles. The Morgan fingerprint density at radius 2 is 1.84 bits per heavy atom. The summed E-state index contributed by atoms with van der Waals surface area (Å²) >= 11 is 0. The number of carbonyl (C=O) groups excluding carboxylic acids is 1. The molecule has 0 spiro atoms. The third-order valence-electron chi connectivity index (χ3n) is 3.63. The first-order chi connectivity index (χ1) is 9.29. The Kier molecular flexibility index (Phi) is 5.25. The average molecular weight is 262 g/mol. The predicted molar refractivity (Wildman–Crippen MR) is 74.3 cm³/mol. The molecule has 104 valence electrons. The lowest BCUT2D eigenvalue weighted by atomic mass is 10.1. The van der Waals surface area contributed by atoms with Gasteiger partial charge in [0, 0.05) is 5.56 Å². The van der Waals surface area contributed by atoms with E-state index in [0.29, 0.717) is 6.10 Å². The van der Waals surface area contributed by atoms with Crippen molar-refractivity contribution in [3.8, 4) is 5.75 Å². The minimum atomic E-state index is -0.225. The molecule has 1 saturated carbocycles. The van der Waals surface area contributed by atoms with E-state index in [2.05, 4.69) is 0 Å². The van der Waals surface area contributed by atoms with E-state index in [1.54, 1.807) is 0 Å². The van der Waals surface area contributed by atoms with Gasteiger partial charge in [-0.2, -0.15) is 0 Å². The highest BCUT2D eigenvalue weighted by Crippen LogP contribution is 2.25. The Hall–Kier alpha value is -1.51. The lowest BCUT2D eigenvalue weighted by Gasteiger charge is -2.19. The van der Waals surface area contributed by atoms with E-state index in [-0.39, 0.29) is 12.4 Å². The maximum Gasteiger partial charge on any atom is 0.310 e. The zero-order valence-electron chi connectivity index (χ0n) is 11.6. The number of carbonyl (C=O) groups is 1. The number of rotatable bonds is 4. The summed E-state index contributed by atoms with van der Waals surface area (Å²) in [6.45, 7) is 0. The molecule has 2 rings (SSSR count). The summed E-state index contributed by atoms with van der Waals surface area (Å²) in [6.07, 6.45) is 7.90. The Bertz CT molecular complexity index is 406. The number of benzene rings is 1. The highest BCUT2D eigenvalue weighted by atomic mass is 16.5. The van der Waals surface area contributed by atoms with Crippen molar-refractivity contribution in [3.63, 3.8) is 0 Å². The van der Waals surface area contributed by atoms with Crippen LogP contribution in [0.3, 0.4) is 0 Å². The van der Waals surface area contributed by atoms with Gasteiger partial charge in [-0.15, -0.1) is 0 Å². The minimum Gasteiger partial charge on any atom is -0.490 e. The van der Waals surface area contributed by atoms with Gasteiger partial charge in [-0.05, 0) is 31.7 Å². The van der Waals surface area contributed by atoms with Crippen LogP contribution in [-0.4, -0.2) is 19.2 Å². The summed E-state index contributed by atoms with van der Waals surface area (Å²) in [6, 6.07) is 7.76. The number of hydrogen-bond donors (Lipinski definition) is 0. The van der Waals surface area contributed by atoms with Gasteiger partial charge in [-0.1, -0.05) is 31.0 Å². The van der Waals surface area contributed by atoms with Crippen LogP contribution < -0.4 is 4.74 Å². The molecule has 0 aromatic heterocycles. The minimum absolute atomic E-state index is 0.225. The maximum absolute atomic E-state index is 11.4. The summed E-state index contributed by atoms with van der Waals surface area (Å²) in [5, 5.41) is 0. The molecular formula is C16H22O3. The van der Waals surface area contributed by atoms with Crippen molar-refractivity contribution in [3.05, 3.63) is 29.8 Å². The molecule has 0 saturated heterocycles. The molecule has 1 aromatic rings. The van der Waals surface area contributed by atoms with Crippen LogP contribution in [0.5, 0.6) is 5.75 Å². The summed E-state index contributed by atoms with van der Waals surface area (Å²) in [5.74, 6) is 0.608. The molecular weight excluding hydrogens is 240 g/mol. The van der Waals surface area contributed by atoms with Gasteiger partial charge in [-0.25, -0.2) is 0 Å². The van der Waals surface area contributed by atoms with E-state index >= 15 is 0 Å². The van der Waals surface area contributed by atoms with Crippen molar-refractivity contribution in [2.75, 3.05) is 7.11 Å². The van der Waals surface area contributed by atoms with Gasteiger partial charge in [0.2, 0.25) is 0 Å². The largest absolute Gasteiger partial charge is 0.490 e. The zero-order valence-corrected chi connectivity index (χ0v) is 11.6. The van der Waals surface area contributed by atoms with E-state index in [1.807, 2.05) is 24.3 Å². The van der Waals surface area contributed by atoms with Crippen molar-refractivity contribution < 1.29 is 14.3 Å². The standard InChI is InChI=1S/C16H22O3/c1-18-16(17)12-13-8-6-7-11-15(13)19-14-9-4-2-3-5-10-14/h6-8,11,14H,2-5,9-10,12H2,1H3. The van der Waals surface area contributed by atoms with Crippen LogP contribution in [0.25, 0.3) is 0 Å². The van der Waals surface area contributed by atoms with Crippen molar-refractivity contribution in [2.24, 2.45) is 0 Å². The first kappa shape index (κ1) is 13.9. The second-order valence-corrected chi connectivity index (χ2v) is 5.09. The van der Waals surface area contributed by atoms with Crippen LogP contribution in [0, 0.1) is 0 Å². The van der Waals surface area contributed by atoms with E-state index < -0.39 is 0 Å². The second kappa shape index (κ2) is 7.17. The predicted octanol–water partition coefficient (Wildman–Crippen LogP) is 3.50. The first-order valence-corrected chi connectivity index (χ1v) is 7.11. The van der Waals surface area contributed by atoms with Gasteiger partial charge < -0.3 is 9.47 Å². The fourth-order valence-electron chi connectivity index (χ4n) is 2.53. The molecule has 0 heterocycles. The second-order valence-electron chi connectivity index (χ2n) is 5.09. The molecule has 19 heavy (non-hydrogen) atoms. The Balaban J connectivity index is 2.03. The van der Waals surface area contributed by atoms with E-state index in [4.69, 9.17) is 9.47 Å². The molecule has 3 nitrogen and oxygen atoms in total. The van der Waals surface area contributed by atoms with E-state index in [9.17, 15) is 4.79 Å². The topological polar surface area (TPSA) is 35.5 Å². The monoisotopic (exact) mass is 262 g/mol. The van der Waals surface area contributed by atoms with Gasteiger partial charge in [0.25, 0.3) is 0 Å². The lowest BCUT2D eigenvalue weighted by Crippen LogP contribution is -2.16. The fraction of sp³-hybridized carbons (Fsp3) is 0.562. The summed E-state index contributed by atoms with van der Waals surface area (Å²) in [4.78, 5) is 11.4. The third kappa shape index (κ3) is 4.27. The normalized spacial score (nSPS) is 16.7. The van der Waals surface area contributed by atoms with Gasteiger partial charge in [0.05, 0.1) is 19.6 Å². The quantitative estimate of drug-likeness (QED) is 0.615. The molecule has 0 bridgehead atoms. The number of ether oxygens (including phenoxy) is 2. The SMILES string of the molecule is COC(=O)Cc1ccccc1OC1CCCCCC1. The number of para-hydroxylation sites is 1. The lowest BCUT2D eigenvalue weighted by molar-refractivity contribution is -0.139. The van der Waals surface area contributed by atoms with Crippen molar-refractivity contribution in [1.82, 2.24) is 0 Å². The van der Waals surface area contributed by atoms with Crippen molar-refractivity contribution in [1.29, 1.82) is 0 Å². The van der Waals surface area contributed by atoms with Crippen LogP contribution in [0.1, 0.15) is 44.1 Å². The Morgan fingerprint density at radius 1 is 1.16 bits per heavy atom. The molecule has 0 aliphatic heterocycles. The molecule has 3 heteroatoms. The molecule has 0 atom stereocenters. The average Bonchev–Trinajstić information content (AvgIpc) is 2.69. The number of esters is 1. The molecule has 1 aromatic carbocycles. The van der Waals surface area contributed by atoms with Gasteiger partial charge >= 0.3 is 5.97 Å². The highest BCUT2D eigenvalue weighted by molar-refractivity contribution is 5.73. The third-order valence-corrected chi connectivity index (χ3v) is 3.63. The van der Waals surface area contributed by atoms with E-state index in [0.717, 1.165) is 24.2 Å². The van der Waals surface area contributed by atoms with Crippen LogP contribution in [0.2, 0.25) is 0 Å². The molecule has 0 unspecified atom stereocenters. The summed E-state index contributed by atoms with van der Waals surface area (Å²) < 4.78 is 10.8.